The molecule has 24 heavy (non-hydrogen) atoms. The van der Waals surface area contributed by atoms with Gasteiger partial charge >= 0.3 is 0 Å². The molecular weight excluding hydrogens is 331 g/mol. The van der Waals surface area contributed by atoms with E-state index in [0.717, 1.165) is 0 Å². The molecule has 6 heteroatoms. The molecule has 1 aliphatic rings. The Morgan fingerprint density at radius 2 is 2.04 bits per heavy atom. The average Bonchev–Trinajstić information content (AvgIpc) is 2.95. The van der Waals surface area contributed by atoms with Crippen molar-refractivity contribution < 1.29 is 14.0 Å². The molecule has 1 heterocycles. The van der Waals surface area contributed by atoms with E-state index in [2.05, 4.69) is 5.32 Å². The molecule has 0 radical (unpaired) electrons. The van der Waals surface area contributed by atoms with Crippen molar-refractivity contribution >= 4 is 29.1 Å². The number of anilines is 1. The number of amides is 2. The van der Waals surface area contributed by atoms with Gasteiger partial charge in [0.15, 0.2) is 0 Å². The lowest BCUT2D eigenvalue weighted by molar-refractivity contribution is -0.132. The molecule has 2 aromatic rings. The second-order valence-electron chi connectivity index (χ2n) is 5.62. The highest BCUT2D eigenvalue weighted by Gasteiger charge is 2.37. The third-order valence-electron chi connectivity index (χ3n) is 4.05. The second kappa shape index (κ2) is 7.01. The molecule has 2 amide bonds. The van der Waals surface area contributed by atoms with Gasteiger partial charge in [0.2, 0.25) is 11.8 Å². The normalized spacial score (nSPS) is 17.2. The number of nitrogens with one attached hydrogen (secondary N) is 1. The Morgan fingerprint density at radius 3 is 2.79 bits per heavy atom. The van der Waals surface area contributed by atoms with Gasteiger partial charge in [-0.25, -0.2) is 4.39 Å². The molecule has 1 N–H and O–H groups in total. The van der Waals surface area contributed by atoms with Crippen LogP contribution in [-0.2, 0) is 16.1 Å². The van der Waals surface area contributed by atoms with Crippen LogP contribution in [0.3, 0.4) is 0 Å². The van der Waals surface area contributed by atoms with Crippen LogP contribution in [-0.4, -0.2) is 18.4 Å². The molecule has 1 atom stereocenters. The second-order valence-corrected chi connectivity index (χ2v) is 6.06. The zero-order chi connectivity index (χ0) is 17.1. The fourth-order valence-electron chi connectivity index (χ4n) is 2.77. The number of benzene rings is 2. The van der Waals surface area contributed by atoms with Gasteiger partial charge in [-0.1, -0.05) is 35.9 Å². The van der Waals surface area contributed by atoms with E-state index in [9.17, 15) is 14.0 Å². The highest BCUT2D eigenvalue weighted by molar-refractivity contribution is 6.31. The van der Waals surface area contributed by atoms with Crippen LogP contribution in [0.4, 0.5) is 10.1 Å². The minimum absolute atomic E-state index is 0.0620. The first kappa shape index (κ1) is 16.5. The van der Waals surface area contributed by atoms with Crippen molar-refractivity contribution in [3.8, 4) is 0 Å². The maximum absolute atomic E-state index is 13.6. The van der Waals surface area contributed by atoms with Gasteiger partial charge in [-0.15, -0.1) is 0 Å². The minimum atomic E-state index is -0.754. The van der Waals surface area contributed by atoms with Crippen LogP contribution in [0.15, 0.2) is 48.5 Å². The predicted octanol–water partition coefficient (Wildman–Crippen LogP) is 3.15. The number of rotatable bonds is 4. The zero-order valence-corrected chi connectivity index (χ0v) is 13.6. The van der Waals surface area contributed by atoms with Crippen molar-refractivity contribution in [1.82, 2.24) is 5.32 Å². The Kier molecular flexibility index (Phi) is 4.81. The molecule has 4 nitrogen and oxygen atoms in total. The summed E-state index contributed by atoms with van der Waals surface area (Å²) in [6, 6.07) is 13.2. The van der Waals surface area contributed by atoms with Crippen LogP contribution in [0.2, 0.25) is 5.02 Å². The summed E-state index contributed by atoms with van der Waals surface area (Å²) in [7, 11) is 0. The maximum Gasteiger partial charge on any atom is 0.239 e. The molecule has 0 aliphatic carbocycles. The van der Waals surface area contributed by atoms with E-state index >= 15 is 0 Å². The largest absolute Gasteiger partial charge is 0.351 e. The Labute approximate surface area is 144 Å². The van der Waals surface area contributed by atoms with Crippen molar-refractivity contribution in [3.05, 3.63) is 64.9 Å². The quantitative estimate of drug-likeness (QED) is 0.865. The SMILES string of the molecule is O=C(NCc1ccccc1F)C1CCN(c2cccc(Cl)c2)C1=O. The van der Waals surface area contributed by atoms with Crippen LogP contribution in [0.1, 0.15) is 12.0 Å². The molecule has 1 fully saturated rings. The Hall–Kier alpha value is -2.40. The van der Waals surface area contributed by atoms with E-state index in [1.807, 2.05) is 0 Å². The lowest BCUT2D eigenvalue weighted by atomic mass is 10.1. The van der Waals surface area contributed by atoms with Gasteiger partial charge < -0.3 is 10.2 Å². The lowest BCUT2D eigenvalue weighted by Crippen LogP contribution is -2.36. The third kappa shape index (κ3) is 3.41. The van der Waals surface area contributed by atoms with Gasteiger partial charge in [-0.3, -0.25) is 9.59 Å². The molecule has 1 saturated heterocycles. The molecule has 3 rings (SSSR count). The molecule has 124 valence electrons. The van der Waals surface area contributed by atoms with E-state index < -0.39 is 5.92 Å². The number of nitrogens with zero attached hydrogens (tertiary/aromatic N) is 1. The Morgan fingerprint density at radius 1 is 1.25 bits per heavy atom. The summed E-state index contributed by atoms with van der Waals surface area (Å²) >= 11 is 5.95. The van der Waals surface area contributed by atoms with Gasteiger partial charge in [-0.05, 0) is 30.7 Å². The van der Waals surface area contributed by atoms with Crippen molar-refractivity contribution in [1.29, 1.82) is 0 Å². The highest BCUT2D eigenvalue weighted by Crippen LogP contribution is 2.27. The van der Waals surface area contributed by atoms with E-state index in [1.165, 1.54) is 6.07 Å². The summed E-state index contributed by atoms with van der Waals surface area (Å²) in [5, 5.41) is 3.18. The summed E-state index contributed by atoms with van der Waals surface area (Å²) in [5.41, 5.74) is 1.07. The van der Waals surface area contributed by atoms with Crippen LogP contribution < -0.4 is 10.2 Å². The molecule has 0 spiro atoms. The summed E-state index contributed by atoms with van der Waals surface area (Å²) in [5.74, 6) is -1.78. The first-order valence-corrected chi connectivity index (χ1v) is 8.02. The van der Waals surface area contributed by atoms with Crippen molar-refractivity contribution in [3.63, 3.8) is 0 Å². The van der Waals surface area contributed by atoms with Gasteiger partial charge in [-0.2, -0.15) is 0 Å². The van der Waals surface area contributed by atoms with Crippen LogP contribution >= 0.6 is 11.6 Å². The first-order chi connectivity index (χ1) is 11.6. The average molecular weight is 347 g/mol. The molecule has 0 bridgehead atoms. The summed E-state index contributed by atoms with van der Waals surface area (Å²) in [4.78, 5) is 26.3. The fraction of sp³-hybridized carbons (Fsp3) is 0.222. The Bertz CT molecular complexity index is 781. The maximum atomic E-state index is 13.6. The lowest BCUT2D eigenvalue weighted by Gasteiger charge is -2.17. The smallest absolute Gasteiger partial charge is 0.239 e. The van der Waals surface area contributed by atoms with Crippen LogP contribution in [0, 0.1) is 11.7 Å². The van der Waals surface area contributed by atoms with Gasteiger partial charge in [0.25, 0.3) is 0 Å². The van der Waals surface area contributed by atoms with Crippen molar-refractivity contribution in [2.24, 2.45) is 5.92 Å². The number of hydrogen-bond donors (Lipinski definition) is 1. The molecule has 0 aromatic heterocycles. The topological polar surface area (TPSA) is 49.4 Å². The van der Waals surface area contributed by atoms with Gasteiger partial charge in [0, 0.05) is 29.4 Å². The van der Waals surface area contributed by atoms with Crippen molar-refractivity contribution in [2.75, 3.05) is 11.4 Å². The fourth-order valence-corrected chi connectivity index (χ4v) is 2.96. The number of carbonyl (C=O) groups excluding carboxylic acids is 2. The van der Waals surface area contributed by atoms with Crippen LogP contribution in [0.5, 0.6) is 0 Å². The molecule has 1 unspecified atom stereocenters. The van der Waals surface area contributed by atoms with Crippen molar-refractivity contribution in [2.45, 2.75) is 13.0 Å². The van der Waals surface area contributed by atoms with E-state index in [4.69, 9.17) is 11.6 Å². The predicted molar refractivity (Wildman–Crippen MR) is 90.2 cm³/mol. The number of hydrogen-bond acceptors (Lipinski definition) is 2. The summed E-state index contributed by atoms with van der Waals surface area (Å²) in [6.45, 7) is 0.517. The molecule has 2 aromatic carbocycles. The van der Waals surface area contributed by atoms with Crippen LogP contribution in [0.25, 0.3) is 0 Å². The van der Waals surface area contributed by atoms with Gasteiger partial charge in [0.05, 0.1) is 0 Å². The first-order valence-electron chi connectivity index (χ1n) is 7.64. The number of carbonyl (C=O) groups is 2. The monoisotopic (exact) mass is 346 g/mol. The molecule has 0 saturated carbocycles. The van der Waals surface area contributed by atoms with Gasteiger partial charge in [0.1, 0.15) is 11.7 Å². The standard InChI is InChI=1S/C18H16ClFN2O2/c19-13-5-3-6-14(10-13)22-9-8-15(18(22)24)17(23)21-11-12-4-1-2-7-16(12)20/h1-7,10,15H,8-9,11H2,(H,21,23). The van der Waals surface area contributed by atoms with E-state index in [1.54, 1.807) is 47.4 Å². The van der Waals surface area contributed by atoms with E-state index in [0.29, 0.717) is 29.2 Å². The molecular formula is C18H16ClFN2O2. The Balaban J connectivity index is 1.64. The highest BCUT2D eigenvalue weighted by atomic mass is 35.5. The number of halogens is 2. The third-order valence-corrected chi connectivity index (χ3v) is 4.29. The molecule has 1 aliphatic heterocycles. The summed E-state index contributed by atoms with van der Waals surface area (Å²) in [6.07, 6.45) is 0.425. The summed E-state index contributed by atoms with van der Waals surface area (Å²) < 4.78 is 13.6. The zero-order valence-electron chi connectivity index (χ0n) is 12.8. The minimum Gasteiger partial charge on any atom is -0.351 e. The van der Waals surface area contributed by atoms with E-state index in [-0.39, 0.29) is 24.2 Å².